The third kappa shape index (κ3) is 47.5. The highest BCUT2D eigenvalue weighted by Gasteiger charge is 2.39. The third-order valence-electron chi connectivity index (χ3n) is 18.1. The zero-order chi connectivity index (χ0) is 103. The molecule has 11 rings (SSSR count). The third-order valence-corrected chi connectivity index (χ3v) is 19.3. The van der Waals surface area contributed by atoms with Gasteiger partial charge in [0.1, 0.15) is 80.1 Å². The van der Waals surface area contributed by atoms with Crippen LogP contribution in [-0.4, -0.2) is 208 Å². The highest BCUT2D eigenvalue weighted by Crippen LogP contribution is 2.29. The summed E-state index contributed by atoms with van der Waals surface area (Å²) < 4.78 is 128. The summed E-state index contributed by atoms with van der Waals surface area (Å²) in [7, 11) is 6.50. The van der Waals surface area contributed by atoms with Crippen LogP contribution in [0.5, 0.6) is 34.8 Å². The molecular formula is C88H97Cl6F6N31O12. The van der Waals surface area contributed by atoms with Crippen LogP contribution in [0.3, 0.4) is 0 Å². The number of halogens is 12. The maximum atomic E-state index is 12.5. The van der Waals surface area contributed by atoms with Gasteiger partial charge in [-0.3, -0.25) is 9.59 Å². The summed E-state index contributed by atoms with van der Waals surface area (Å²) in [6.45, 7) is 7.64. The number of methoxy groups -OCH3 is 4. The largest absolute Gasteiger partial charge is 0.497 e. The number of benzene rings is 6. The van der Waals surface area contributed by atoms with Gasteiger partial charge in [0.05, 0.1) is 81.3 Å². The fourth-order valence-corrected chi connectivity index (χ4v) is 12.7. The number of carbonyl (C=O) groups is 2. The molecule has 143 heavy (non-hydrogen) atoms. The van der Waals surface area contributed by atoms with Crippen molar-refractivity contribution in [3.05, 3.63) is 293 Å². The Balaban J connectivity index is 0.000000263. The molecule has 0 aliphatic carbocycles. The Morgan fingerprint density at radius 2 is 0.622 bits per heavy atom. The van der Waals surface area contributed by atoms with E-state index in [1.807, 2.05) is 107 Å². The second-order valence-corrected chi connectivity index (χ2v) is 30.7. The molecule has 0 spiro atoms. The highest BCUT2D eigenvalue weighted by molar-refractivity contribution is 6.35. The number of hydrogen-bond donors (Lipinski definition) is 7. The van der Waals surface area contributed by atoms with Gasteiger partial charge < -0.3 is 94.8 Å². The number of ether oxygens (including phenoxy) is 10. The van der Waals surface area contributed by atoms with Crippen molar-refractivity contribution >= 4 is 123 Å². The summed E-state index contributed by atoms with van der Waals surface area (Å²) in [5, 5.41) is 30.9. The lowest BCUT2D eigenvalue weighted by atomic mass is 10.1. The van der Waals surface area contributed by atoms with Gasteiger partial charge in [0.2, 0.25) is 40.2 Å². The standard InChI is InChI=1S/C34H37F3N8O5.C24H28ClN7O3.C18H21F3N8O3.C8H10Cl2N6O.C4HCl3N2/c1-47-28-11-7-25(8-12-28)21-45(22-26-9-13-29(48-2)14-10-26)33-42-30(39-15-17-49-18-16-41-44-38)19-31(43-33)50-23-27-5-3-24(4-6-27)20-40-32(46)34(35,36)37;1-33-20-7-3-18(4-8-20)16-32(17-19-5-9-21(34-2)10-6-19)24-29-22(25)15-23(30-24)27-11-13-35-14-12-28-31-26;19-18(20,21)16(30)25-10-12-1-3-13(4-2-12)11-32-15-9-14(27-17(22)28-15)24-5-7-31-8-6-26-29-23;9-6-5-7(15-8(10)14-6)12-1-3-17-4-2-13-16-11;5-2-1-3(6)9-4(7)8-2/h3-14,19H,15-18,20-23H2,1-2H3,(H,40,46)(H,39,42,43);3-10,15H,11-14,16-17H2,1-2H3,(H,27,29,30);1-4,9H,5-8,10-11H2,(H,25,30)(H3,22,24,27,28);5H,1-4H2,(H,12,14,15);1H. The summed E-state index contributed by atoms with van der Waals surface area (Å²) in [5.74, 6) is 2.49. The van der Waals surface area contributed by atoms with E-state index in [1.54, 1.807) is 107 Å². The number of anilines is 7. The van der Waals surface area contributed by atoms with Crippen LogP contribution in [0.1, 0.15) is 44.5 Å². The van der Waals surface area contributed by atoms with Gasteiger partial charge >= 0.3 is 24.2 Å². The van der Waals surface area contributed by atoms with Crippen molar-refractivity contribution in [3.8, 4) is 34.8 Å². The van der Waals surface area contributed by atoms with Gasteiger partial charge in [0.15, 0.2) is 0 Å². The molecule has 55 heteroatoms. The second kappa shape index (κ2) is 64.7. The minimum atomic E-state index is -4.95. The summed E-state index contributed by atoms with van der Waals surface area (Å²) in [4.78, 5) is 78.2. The van der Waals surface area contributed by atoms with Crippen LogP contribution >= 0.6 is 69.6 Å². The van der Waals surface area contributed by atoms with Crippen molar-refractivity contribution in [3.63, 3.8) is 0 Å². The van der Waals surface area contributed by atoms with Gasteiger partial charge in [0.25, 0.3) is 0 Å². The number of nitrogens with two attached hydrogens (primary N) is 1. The van der Waals surface area contributed by atoms with Gasteiger partial charge in [-0.2, -0.15) is 51.3 Å². The molecule has 0 saturated carbocycles. The number of rotatable bonds is 52. The average Bonchev–Trinajstić information content (AvgIpc) is 0.831. The fourth-order valence-electron chi connectivity index (χ4n) is 11.4. The van der Waals surface area contributed by atoms with Crippen LogP contribution in [0.15, 0.2) is 196 Å². The Morgan fingerprint density at radius 3 is 0.930 bits per heavy atom. The van der Waals surface area contributed by atoms with Gasteiger partial charge in [-0.15, -0.1) is 0 Å². The number of azide groups is 4. The number of nitrogens with one attached hydrogen (secondary N) is 6. The van der Waals surface area contributed by atoms with E-state index < -0.39 is 24.2 Å². The van der Waals surface area contributed by atoms with E-state index in [0.717, 1.165) is 56.4 Å². The van der Waals surface area contributed by atoms with Crippen molar-refractivity contribution in [1.82, 2.24) is 60.5 Å². The lowest BCUT2D eigenvalue weighted by Gasteiger charge is -2.24. The molecular weight excluding hydrogens is 2010 g/mol. The Labute approximate surface area is 845 Å². The Hall–Kier alpha value is -14.5. The number of aromatic nitrogens is 10. The van der Waals surface area contributed by atoms with Crippen LogP contribution in [0, 0.1) is 0 Å². The minimum absolute atomic E-state index is 0.00466. The smallest absolute Gasteiger partial charge is 0.471 e. The van der Waals surface area contributed by atoms with E-state index in [4.69, 9.17) is 155 Å². The van der Waals surface area contributed by atoms with Gasteiger partial charge in [-0.25, -0.2) is 24.9 Å². The molecule has 0 bridgehead atoms. The van der Waals surface area contributed by atoms with E-state index in [0.29, 0.717) is 163 Å². The van der Waals surface area contributed by atoms with Crippen LogP contribution in [0.2, 0.25) is 31.2 Å². The number of nitrogen functional groups attached to an aromatic ring is 1. The first kappa shape index (κ1) is 115. The van der Waals surface area contributed by atoms with E-state index in [2.05, 4.69) is 106 Å². The maximum Gasteiger partial charge on any atom is 0.471 e. The summed E-state index contributed by atoms with van der Waals surface area (Å²) >= 11 is 33.9. The molecule has 11 aromatic rings. The lowest BCUT2D eigenvalue weighted by Crippen LogP contribution is -2.36. The first-order valence-corrected chi connectivity index (χ1v) is 44.8. The van der Waals surface area contributed by atoms with Crippen LogP contribution in [0.4, 0.5) is 67.5 Å². The second-order valence-electron chi connectivity index (χ2n) is 28.5. The molecule has 6 aromatic carbocycles. The first-order valence-electron chi connectivity index (χ1n) is 42.5. The quantitative estimate of drug-likeness (QED) is 0.00354. The number of carbonyl (C=O) groups excluding carboxylic acids is 2. The predicted octanol–water partition coefficient (Wildman–Crippen LogP) is 18.8. The molecule has 0 radical (unpaired) electrons. The van der Waals surface area contributed by atoms with Crippen LogP contribution < -0.4 is 75.9 Å². The molecule has 0 aliphatic heterocycles. The van der Waals surface area contributed by atoms with Crippen molar-refractivity contribution in [2.45, 2.75) is 64.8 Å². The van der Waals surface area contributed by atoms with E-state index in [1.165, 1.54) is 6.07 Å². The molecule has 0 aliphatic rings. The summed E-state index contributed by atoms with van der Waals surface area (Å²) in [5.41, 5.74) is 45.2. The highest BCUT2D eigenvalue weighted by atomic mass is 35.5. The van der Waals surface area contributed by atoms with Crippen molar-refractivity contribution < 1.29 is 83.3 Å². The molecule has 43 nitrogen and oxygen atoms in total. The predicted molar refractivity (Wildman–Crippen MR) is 527 cm³/mol. The van der Waals surface area contributed by atoms with Gasteiger partial charge in [-0.1, -0.05) is 164 Å². The van der Waals surface area contributed by atoms with Crippen molar-refractivity contribution in [2.75, 3.05) is 170 Å². The SMILES string of the molecule is COc1ccc(CN(Cc2ccc(OC)cc2)c2nc(Cl)cc(NCCOCCN=[N+]=[N-])n2)cc1.COc1ccc(CN(Cc2ccc(OC)cc2)c2nc(NCCOCCN=[N+]=[N-])cc(OCc3ccc(CNC(=O)C(F)(F)F)cc3)n2)cc1.Clc1cc(Cl)nc(Cl)n1.[N-]=[N+]=NCCOCCNc1cc(Cl)nc(Cl)n1.[N-]=[N+]=NCCOCCNc1cc(OCc2ccc(CNC(=O)C(F)(F)F)cc2)nc(N)n1. The van der Waals surface area contributed by atoms with E-state index in [9.17, 15) is 35.9 Å². The summed E-state index contributed by atoms with van der Waals surface area (Å²) in [6, 6.07) is 52.1. The van der Waals surface area contributed by atoms with Gasteiger partial charge in [0, 0.05) is 142 Å². The van der Waals surface area contributed by atoms with Crippen molar-refractivity contribution in [1.29, 1.82) is 0 Å². The zero-order valence-corrected chi connectivity index (χ0v) is 81.5. The molecule has 5 aromatic heterocycles. The zero-order valence-electron chi connectivity index (χ0n) is 77.0. The Morgan fingerprint density at radius 1 is 0.350 bits per heavy atom. The maximum absolute atomic E-state index is 12.5. The number of nitrogens with zero attached hydrogens (tertiary/aromatic N) is 24. The number of alkyl halides is 6. The number of hydrogen-bond acceptors (Lipinski definition) is 33. The number of amides is 2. The Bertz CT molecular complexity index is 5740. The van der Waals surface area contributed by atoms with Crippen LogP contribution in [-0.2, 0) is 81.0 Å². The van der Waals surface area contributed by atoms with Crippen molar-refractivity contribution in [2.24, 2.45) is 20.5 Å². The lowest BCUT2D eigenvalue weighted by molar-refractivity contribution is -0.173. The normalized spacial score (nSPS) is 10.5. The fraction of sp³-hybridized carbons (Fsp3) is 0.341. The van der Waals surface area contributed by atoms with E-state index in [-0.39, 0.29) is 89.7 Å². The molecule has 8 N–H and O–H groups in total. The minimum Gasteiger partial charge on any atom is -0.497 e. The average molecular weight is 2110 g/mol. The molecule has 0 atom stereocenters. The van der Waals surface area contributed by atoms with Gasteiger partial charge in [-0.05, 0) is 138 Å². The topological polar surface area (TPSA) is 555 Å². The molecule has 0 unspecified atom stereocenters. The summed E-state index contributed by atoms with van der Waals surface area (Å²) in [6.07, 6.45) is -9.86. The first-order chi connectivity index (χ1) is 68.9. The molecule has 760 valence electrons. The molecule has 5 heterocycles. The van der Waals surface area contributed by atoms with Crippen LogP contribution in [0.25, 0.3) is 41.8 Å². The molecule has 0 fully saturated rings. The monoisotopic (exact) mass is 2100 g/mol. The Kier molecular flexibility index (Phi) is 52.2. The molecule has 0 saturated heterocycles. The molecule has 2 amide bonds. The van der Waals surface area contributed by atoms with E-state index >= 15 is 0 Å².